The average Bonchev–Trinajstić information content (AvgIpc) is 3.38. The van der Waals surface area contributed by atoms with Crippen LogP contribution in [-0.4, -0.2) is 39.1 Å². The number of fused-ring (bicyclic) bond motifs is 1. The molecule has 42 heavy (non-hydrogen) atoms. The largest absolute Gasteiger partial charge is 0.444 e. The maximum atomic E-state index is 12.5. The summed E-state index contributed by atoms with van der Waals surface area (Å²) >= 11 is 0. The zero-order chi connectivity index (χ0) is 29.8. The smallest absolute Gasteiger partial charge is 0.407 e. The van der Waals surface area contributed by atoms with E-state index in [2.05, 4.69) is 37.0 Å². The van der Waals surface area contributed by atoms with Crippen LogP contribution in [0.2, 0.25) is 0 Å². The number of benzene rings is 2. The summed E-state index contributed by atoms with van der Waals surface area (Å²) in [5, 5.41) is 10.2. The summed E-state index contributed by atoms with van der Waals surface area (Å²) in [6.45, 7) is 6.21. The van der Waals surface area contributed by atoms with E-state index in [1.807, 2.05) is 75.5 Å². The Bertz CT molecular complexity index is 1460. The number of nitrogens with zero attached hydrogens (tertiary/aromatic N) is 2. The van der Waals surface area contributed by atoms with Gasteiger partial charge < -0.3 is 25.7 Å². The molecule has 0 atom stereocenters. The van der Waals surface area contributed by atoms with Crippen molar-refractivity contribution < 1.29 is 14.3 Å². The van der Waals surface area contributed by atoms with Gasteiger partial charge in [-0.05, 0) is 57.9 Å². The quantitative estimate of drug-likeness (QED) is 0.114. The second-order valence-corrected chi connectivity index (χ2v) is 11.4. The second kappa shape index (κ2) is 15.0. The first kappa shape index (κ1) is 30.6. The lowest BCUT2D eigenvalue weighted by Crippen LogP contribution is -2.32. The van der Waals surface area contributed by atoms with Crippen molar-refractivity contribution in [2.45, 2.75) is 77.7 Å². The zero-order valence-corrected chi connectivity index (χ0v) is 24.8. The highest BCUT2D eigenvalue weighted by atomic mass is 16.6. The highest BCUT2D eigenvalue weighted by Crippen LogP contribution is 2.28. The molecule has 2 aromatic carbocycles. The van der Waals surface area contributed by atoms with Crippen LogP contribution in [-0.2, 0) is 9.53 Å². The standard InChI is InChI=1S/C33H42N6O3/c1-33(2,3)42-32(41)34-19-12-8-6-4-5-7-9-18-31(40)39-25-15-13-14-24(20-25)38-30-21-29(36-23-37-30)27-22-35-28-17-11-10-16-26(27)28/h10-11,13-17,20-23,35H,4-9,12,18-19H2,1-3H3,(H,34,41)(H,39,40)(H,36,37,38). The van der Waals surface area contributed by atoms with E-state index in [1.165, 1.54) is 0 Å². The number of aromatic amines is 1. The van der Waals surface area contributed by atoms with Crippen molar-refractivity contribution in [1.82, 2.24) is 20.3 Å². The molecule has 0 aliphatic rings. The van der Waals surface area contributed by atoms with Gasteiger partial charge in [-0.2, -0.15) is 0 Å². The lowest BCUT2D eigenvalue weighted by molar-refractivity contribution is -0.116. The third-order valence-electron chi connectivity index (χ3n) is 6.70. The number of aromatic nitrogens is 3. The van der Waals surface area contributed by atoms with Crippen molar-refractivity contribution in [3.05, 3.63) is 67.1 Å². The molecule has 2 heterocycles. The monoisotopic (exact) mass is 570 g/mol. The molecule has 4 rings (SSSR count). The first-order valence-corrected chi connectivity index (χ1v) is 14.8. The van der Waals surface area contributed by atoms with Gasteiger partial charge in [0.1, 0.15) is 17.7 Å². The van der Waals surface area contributed by atoms with E-state index in [0.29, 0.717) is 18.8 Å². The average molecular weight is 571 g/mol. The highest BCUT2D eigenvalue weighted by Gasteiger charge is 2.15. The van der Waals surface area contributed by atoms with Crippen LogP contribution in [0.3, 0.4) is 0 Å². The molecule has 9 nitrogen and oxygen atoms in total. The Morgan fingerprint density at radius 3 is 2.40 bits per heavy atom. The number of ether oxygens (including phenoxy) is 1. The minimum absolute atomic E-state index is 0.0176. The SMILES string of the molecule is CC(C)(C)OC(=O)NCCCCCCCCCC(=O)Nc1cccc(Nc2cc(-c3c[nH]c4ccccc34)ncn2)c1. The van der Waals surface area contributed by atoms with Crippen LogP contribution in [0, 0.1) is 0 Å². The van der Waals surface area contributed by atoms with E-state index < -0.39 is 5.60 Å². The number of amides is 2. The topological polar surface area (TPSA) is 121 Å². The maximum absolute atomic E-state index is 12.5. The molecule has 0 fully saturated rings. The molecule has 0 aliphatic carbocycles. The van der Waals surface area contributed by atoms with Gasteiger partial charge in [-0.3, -0.25) is 4.79 Å². The van der Waals surface area contributed by atoms with Crippen molar-refractivity contribution in [1.29, 1.82) is 0 Å². The van der Waals surface area contributed by atoms with Crippen molar-refractivity contribution in [2.75, 3.05) is 17.2 Å². The number of nitrogens with one attached hydrogen (secondary N) is 4. The Balaban J connectivity index is 1.13. The number of hydrogen-bond acceptors (Lipinski definition) is 6. The number of para-hydroxylation sites is 1. The van der Waals surface area contributed by atoms with Crippen molar-refractivity contribution in [3.63, 3.8) is 0 Å². The Morgan fingerprint density at radius 1 is 0.857 bits per heavy atom. The van der Waals surface area contributed by atoms with Gasteiger partial charge >= 0.3 is 6.09 Å². The van der Waals surface area contributed by atoms with Gasteiger partial charge in [0.15, 0.2) is 0 Å². The molecule has 0 bridgehead atoms. The van der Waals surface area contributed by atoms with Crippen LogP contribution in [0.15, 0.2) is 67.1 Å². The molecular weight excluding hydrogens is 528 g/mol. The first-order valence-electron chi connectivity index (χ1n) is 14.8. The number of anilines is 3. The second-order valence-electron chi connectivity index (χ2n) is 11.4. The molecule has 0 spiro atoms. The van der Waals surface area contributed by atoms with Gasteiger partial charge in [-0.1, -0.05) is 56.4 Å². The van der Waals surface area contributed by atoms with E-state index in [4.69, 9.17) is 4.74 Å². The van der Waals surface area contributed by atoms with Crippen LogP contribution >= 0.6 is 0 Å². The van der Waals surface area contributed by atoms with Gasteiger partial charge in [0, 0.05) is 53.1 Å². The van der Waals surface area contributed by atoms with Crippen molar-refractivity contribution in [2.24, 2.45) is 0 Å². The van der Waals surface area contributed by atoms with E-state index in [9.17, 15) is 9.59 Å². The molecule has 0 saturated heterocycles. The van der Waals surface area contributed by atoms with Gasteiger partial charge in [0.25, 0.3) is 0 Å². The molecular formula is C33H42N6O3. The molecule has 4 N–H and O–H groups in total. The van der Waals surface area contributed by atoms with Crippen LogP contribution in [0.4, 0.5) is 22.0 Å². The highest BCUT2D eigenvalue weighted by molar-refractivity contribution is 5.95. The third-order valence-corrected chi connectivity index (χ3v) is 6.70. The summed E-state index contributed by atoms with van der Waals surface area (Å²) in [7, 11) is 0. The van der Waals surface area contributed by atoms with E-state index in [1.54, 1.807) is 6.33 Å². The van der Waals surface area contributed by atoms with Crippen molar-refractivity contribution >= 4 is 40.1 Å². The van der Waals surface area contributed by atoms with Crippen molar-refractivity contribution in [3.8, 4) is 11.3 Å². The van der Waals surface area contributed by atoms with Gasteiger partial charge in [-0.15, -0.1) is 0 Å². The molecule has 222 valence electrons. The van der Waals surface area contributed by atoms with Crippen LogP contribution in [0.1, 0.15) is 72.1 Å². The molecule has 2 amide bonds. The molecule has 0 unspecified atom stereocenters. The van der Waals surface area contributed by atoms with Crippen LogP contribution < -0.4 is 16.0 Å². The number of carbonyl (C=O) groups excluding carboxylic acids is 2. The Hall–Kier alpha value is -4.40. The molecule has 0 saturated carbocycles. The lowest BCUT2D eigenvalue weighted by Gasteiger charge is -2.19. The summed E-state index contributed by atoms with van der Waals surface area (Å²) in [6, 6.07) is 17.7. The fourth-order valence-electron chi connectivity index (χ4n) is 4.70. The minimum atomic E-state index is -0.467. The normalized spacial score (nSPS) is 11.3. The van der Waals surface area contributed by atoms with Crippen LogP contribution in [0.5, 0.6) is 0 Å². The predicted octanol–water partition coefficient (Wildman–Crippen LogP) is 7.95. The Kier molecular flexibility index (Phi) is 10.9. The van der Waals surface area contributed by atoms with E-state index in [-0.39, 0.29) is 12.0 Å². The summed E-state index contributed by atoms with van der Waals surface area (Å²) in [5.41, 5.74) is 4.01. The Labute approximate surface area is 247 Å². The third kappa shape index (κ3) is 9.90. The van der Waals surface area contributed by atoms with Gasteiger partial charge in [-0.25, -0.2) is 14.8 Å². The number of hydrogen-bond donors (Lipinski definition) is 4. The Morgan fingerprint density at radius 2 is 1.60 bits per heavy atom. The maximum Gasteiger partial charge on any atom is 0.407 e. The number of H-pyrrole nitrogens is 1. The number of alkyl carbamates (subject to hydrolysis) is 1. The molecule has 2 aromatic heterocycles. The van der Waals surface area contributed by atoms with Gasteiger partial charge in [0.2, 0.25) is 5.91 Å². The fraction of sp³-hybridized carbons (Fsp3) is 0.394. The van der Waals surface area contributed by atoms with Crippen LogP contribution in [0.25, 0.3) is 22.2 Å². The number of carbonyl (C=O) groups is 2. The summed E-state index contributed by atoms with van der Waals surface area (Å²) in [4.78, 5) is 36.3. The molecule has 0 aliphatic heterocycles. The fourth-order valence-corrected chi connectivity index (χ4v) is 4.70. The number of rotatable bonds is 14. The molecule has 4 aromatic rings. The minimum Gasteiger partial charge on any atom is -0.444 e. The van der Waals surface area contributed by atoms with E-state index in [0.717, 1.165) is 78.5 Å². The first-order chi connectivity index (χ1) is 20.3. The molecule has 0 radical (unpaired) electrons. The van der Waals surface area contributed by atoms with Gasteiger partial charge in [0.05, 0.1) is 5.69 Å². The summed E-state index contributed by atoms with van der Waals surface area (Å²) in [5.74, 6) is 0.692. The number of unbranched alkanes of at least 4 members (excludes halogenated alkanes) is 6. The summed E-state index contributed by atoms with van der Waals surface area (Å²) < 4.78 is 5.23. The zero-order valence-electron chi connectivity index (χ0n) is 24.8. The summed E-state index contributed by atoms with van der Waals surface area (Å²) in [6.07, 6.45) is 10.9. The predicted molar refractivity (Wildman–Crippen MR) is 169 cm³/mol. The lowest BCUT2D eigenvalue weighted by atomic mass is 10.1. The van der Waals surface area contributed by atoms with E-state index >= 15 is 0 Å². The molecule has 9 heteroatoms.